The first-order valence-electron chi connectivity index (χ1n) is 8.95. The molecule has 1 heterocycles. The minimum atomic E-state index is 0. The van der Waals surface area contributed by atoms with Gasteiger partial charge in [-0.05, 0) is 30.5 Å². The monoisotopic (exact) mass is 490 g/mol. The van der Waals surface area contributed by atoms with Crippen molar-refractivity contribution >= 4 is 41.5 Å². The molecule has 0 spiro atoms. The summed E-state index contributed by atoms with van der Waals surface area (Å²) in [6.45, 7) is 4.23. The van der Waals surface area contributed by atoms with Crippen LogP contribution < -0.4 is 10.6 Å². The maximum Gasteiger partial charge on any atom is 0.191 e. The largest absolute Gasteiger partial charge is 0.379 e. The number of ether oxygens (including phenoxy) is 1. The maximum atomic E-state index is 6.06. The molecule has 26 heavy (non-hydrogen) atoms. The van der Waals surface area contributed by atoms with Gasteiger partial charge in [-0.25, -0.2) is 0 Å². The quantitative estimate of drug-likeness (QED) is 0.288. The van der Waals surface area contributed by atoms with Gasteiger partial charge in [0.15, 0.2) is 5.96 Å². The molecule has 0 aromatic heterocycles. The van der Waals surface area contributed by atoms with E-state index in [1.165, 1.54) is 5.56 Å². The third-order valence-corrected chi connectivity index (χ3v) is 5.03. The van der Waals surface area contributed by atoms with E-state index in [1.54, 1.807) is 0 Å². The van der Waals surface area contributed by atoms with Crippen molar-refractivity contribution in [3.8, 4) is 0 Å². The van der Waals surface area contributed by atoms with Crippen LogP contribution in [0.2, 0.25) is 5.02 Å². The van der Waals surface area contributed by atoms with Crippen molar-refractivity contribution in [1.82, 2.24) is 15.5 Å². The Hall–Kier alpha value is -0.830. The van der Waals surface area contributed by atoms with Gasteiger partial charge in [0, 0.05) is 37.7 Å². The minimum Gasteiger partial charge on any atom is -0.379 e. The van der Waals surface area contributed by atoms with Crippen LogP contribution >= 0.6 is 35.6 Å². The van der Waals surface area contributed by atoms with Gasteiger partial charge in [-0.2, -0.15) is 0 Å². The Labute approximate surface area is 178 Å². The molecule has 1 aliphatic carbocycles. The third kappa shape index (κ3) is 6.11. The lowest BCUT2D eigenvalue weighted by atomic mass is 10.0. The highest BCUT2D eigenvalue weighted by atomic mass is 127. The van der Waals surface area contributed by atoms with E-state index in [0.29, 0.717) is 6.04 Å². The van der Waals surface area contributed by atoms with Gasteiger partial charge in [0.2, 0.25) is 0 Å². The maximum absolute atomic E-state index is 6.06. The van der Waals surface area contributed by atoms with Gasteiger partial charge in [0.05, 0.1) is 19.3 Å². The normalized spacial score (nSPS) is 19.8. The fourth-order valence-electron chi connectivity index (χ4n) is 3.35. The summed E-state index contributed by atoms with van der Waals surface area (Å²) in [7, 11) is 1.82. The molecule has 5 nitrogen and oxygen atoms in total. The van der Waals surface area contributed by atoms with Crippen molar-refractivity contribution in [2.45, 2.75) is 24.9 Å². The van der Waals surface area contributed by atoms with E-state index in [1.807, 2.05) is 19.2 Å². The number of guanidine groups is 1. The predicted octanol–water partition coefficient (Wildman–Crippen LogP) is 3.21. The van der Waals surface area contributed by atoms with Gasteiger partial charge < -0.3 is 15.4 Å². The van der Waals surface area contributed by atoms with E-state index < -0.39 is 0 Å². The summed E-state index contributed by atoms with van der Waals surface area (Å²) >= 11 is 6.06. The fourth-order valence-corrected chi connectivity index (χ4v) is 3.47. The lowest BCUT2D eigenvalue weighted by molar-refractivity contribution is 0.0170. The van der Waals surface area contributed by atoms with Crippen LogP contribution in [0.25, 0.3) is 0 Å². The lowest BCUT2D eigenvalue weighted by Crippen LogP contribution is -2.48. The van der Waals surface area contributed by atoms with E-state index >= 15 is 0 Å². The average molecular weight is 491 g/mol. The predicted molar refractivity (Wildman–Crippen MR) is 119 cm³/mol. The zero-order chi connectivity index (χ0) is 17.5. The van der Waals surface area contributed by atoms with Gasteiger partial charge in [-0.3, -0.25) is 9.89 Å². The Morgan fingerprint density at radius 2 is 1.88 bits per heavy atom. The van der Waals surface area contributed by atoms with Crippen LogP contribution in [0.4, 0.5) is 0 Å². The highest BCUT2D eigenvalue weighted by Gasteiger charge is 2.23. The topological polar surface area (TPSA) is 48.9 Å². The van der Waals surface area contributed by atoms with Crippen LogP contribution in [0.1, 0.15) is 24.4 Å². The molecule has 1 atom stereocenters. The SMILES string of the molecule is CN=C(NCC(c1ccc(Cl)cc1)N1CCOCC1)NC1CC=CC1.I. The Bertz CT molecular complexity index is 594. The van der Waals surface area contributed by atoms with Gasteiger partial charge in [0.1, 0.15) is 0 Å². The molecule has 0 amide bonds. The summed E-state index contributed by atoms with van der Waals surface area (Å²) in [4.78, 5) is 6.84. The molecule has 0 saturated carbocycles. The number of halogens is 2. The zero-order valence-corrected chi connectivity index (χ0v) is 18.2. The van der Waals surface area contributed by atoms with Crippen molar-refractivity contribution in [1.29, 1.82) is 0 Å². The summed E-state index contributed by atoms with van der Waals surface area (Å²) in [6, 6.07) is 8.86. The molecule has 0 radical (unpaired) electrons. The van der Waals surface area contributed by atoms with Crippen molar-refractivity contribution in [3.63, 3.8) is 0 Å². The third-order valence-electron chi connectivity index (χ3n) is 4.78. The van der Waals surface area contributed by atoms with E-state index in [4.69, 9.17) is 16.3 Å². The van der Waals surface area contributed by atoms with Crippen LogP contribution in [-0.2, 0) is 4.74 Å². The second-order valence-electron chi connectivity index (χ2n) is 6.45. The van der Waals surface area contributed by atoms with E-state index in [9.17, 15) is 0 Å². The molecule has 0 bridgehead atoms. The van der Waals surface area contributed by atoms with Crippen molar-refractivity contribution < 1.29 is 4.74 Å². The van der Waals surface area contributed by atoms with Crippen LogP contribution in [0.3, 0.4) is 0 Å². The smallest absolute Gasteiger partial charge is 0.191 e. The molecular formula is C19H28ClIN4O. The first-order valence-corrected chi connectivity index (χ1v) is 9.33. The zero-order valence-electron chi connectivity index (χ0n) is 15.2. The van der Waals surface area contributed by atoms with E-state index in [0.717, 1.165) is 56.7 Å². The summed E-state index contributed by atoms with van der Waals surface area (Å²) < 4.78 is 5.51. The number of hydrogen-bond acceptors (Lipinski definition) is 3. The van der Waals surface area contributed by atoms with Gasteiger partial charge >= 0.3 is 0 Å². The van der Waals surface area contributed by atoms with Crippen molar-refractivity contribution in [3.05, 3.63) is 47.0 Å². The molecule has 7 heteroatoms. The molecule has 3 rings (SSSR count). The molecule has 1 aromatic carbocycles. The number of aliphatic imine (C=N–C) groups is 1. The molecule has 1 aliphatic heterocycles. The van der Waals surface area contributed by atoms with Gasteiger partial charge in [-0.15, -0.1) is 24.0 Å². The number of hydrogen-bond donors (Lipinski definition) is 2. The number of nitrogens with zero attached hydrogens (tertiary/aromatic N) is 2. The molecule has 1 aromatic rings. The second kappa shape index (κ2) is 11.1. The Morgan fingerprint density at radius 1 is 1.23 bits per heavy atom. The number of benzene rings is 1. The second-order valence-corrected chi connectivity index (χ2v) is 6.89. The Kier molecular flexibility index (Phi) is 9.18. The molecule has 1 unspecified atom stereocenters. The first kappa shape index (κ1) is 21.5. The molecule has 1 fully saturated rings. The lowest BCUT2D eigenvalue weighted by Gasteiger charge is -2.35. The van der Waals surface area contributed by atoms with Crippen molar-refractivity contribution in [2.75, 3.05) is 39.9 Å². The Balaban J connectivity index is 0.00000243. The molecule has 2 aliphatic rings. The molecule has 1 saturated heterocycles. The van der Waals surface area contributed by atoms with Crippen molar-refractivity contribution in [2.24, 2.45) is 4.99 Å². The number of nitrogens with one attached hydrogen (secondary N) is 2. The van der Waals surface area contributed by atoms with Gasteiger partial charge in [-0.1, -0.05) is 35.9 Å². The van der Waals surface area contributed by atoms with Crippen LogP contribution in [-0.4, -0.2) is 56.8 Å². The standard InChI is InChI=1S/C19H27ClN4O.HI/c1-21-19(23-17-4-2-3-5-17)22-14-18(24-10-12-25-13-11-24)15-6-8-16(20)9-7-15;/h2-3,6-9,17-18H,4-5,10-14H2,1H3,(H2,21,22,23);1H. The Morgan fingerprint density at radius 3 is 2.50 bits per heavy atom. The summed E-state index contributed by atoms with van der Waals surface area (Å²) in [5.41, 5.74) is 1.26. The first-order chi connectivity index (χ1) is 12.3. The molecule has 2 N–H and O–H groups in total. The van der Waals surface area contributed by atoms with Crippen LogP contribution in [0.5, 0.6) is 0 Å². The van der Waals surface area contributed by atoms with E-state index in [2.05, 4.69) is 44.8 Å². The van der Waals surface area contributed by atoms with Crippen LogP contribution in [0.15, 0.2) is 41.4 Å². The fraction of sp³-hybridized carbons (Fsp3) is 0.526. The number of rotatable bonds is 5. The summed E-state index contributed by atoms with van der Waals surface area (Å²) in [6.07, 6.45) is 6.56. The minimum absolute atomic E-state index is 0. The molecule has 144 valence electrons. The van der Waals surface area contributed by atoms with Crippen LogP contribution in [0, 0.1) is 0 Å². The highest BCUT2D eigenvalue weighted by molar-refractivity contribution is 14.0. The van der Waals surface area contributed by atoms with Gasteiger partial charge in [0.25, 0.3) is 0 Å². The average Bonchev–Trinajstić information content (AvgIpc) is 3.16. The summed E-state index contributed by atoms with van der Waals surface area (Å²) in [5.74, 6) is 0.862. The number of morpholine rings is 1. The molecular weight excluding hydrogens is 463 g/mol. The van der Waals surface area contributed by atoms with E-state index in [-0.39, 0.29) is 30.0 Å². The summed E-state index contributed by atoms with van der Waals surface area (Å²) in [5, 5.41) is 7.77. The highest BCUT2D eigenvalue weighted by Crippen LogP contribution is 2.23.